The first kappa shape index (κ1) is 17.3. The van der Waals surface area contributed by atoms with Crippen LogP contribution in [0.25, 0.3) is 0 Å². The highest BCUT2D eigenvalue weighted by atomic mass is 15.1. The Bertz CT molecular complexity index is 800. The lowest BCUT2D eigenvalue weighted by molar-refractivity contribution is 0.0498. The van der Waals surface area contributed by atoms with Crippen molar-refractivity contribution in [3.05, 3.63) is 83.4 Å². The van der Waals surface area contributed by atoms with Crippen LogP contribution in [0.15, 0.2) is 66.7 Å². The summed E-state index contributed by atoms with van der Waals surface area (Å²) < 4.78 is 0. The van der Waals surface area contributed by atoms with Gasteiger partial charge in [0.15, 0.2) is 0 Å². The van der Waals surface area contributed by atoms with E-state index in [1.807, 2.05) is 0 Å². The summed E-state index contributed by atoms with van der Waals surface area (Å²) in [6.45, 7) is 8.66. The van der Waals surface area contributed by atoms with E-state index in [0.717, 1.165) is 11.8 Å². The van der Waals surface area contributed by atoms with Crippen LogP contribution < -0.4 is 0 Å². The van der Waals surface area contributed by atoms with E-state index in [1.54, 1.807) is 5.56 Å². The predicted octanol–water partition coefficient (Wildman–Crippen LogP) is 5.67. The topological polar surface area (TPSA) is 3.24 Å². The van der Waals surface area contributed by atoms with Crippen molar-refractivity contribution < 1.29 is 0 Å². The van der Waals surface area contributed by atoms with E-state index in [0.29, 0.717) is 11.8 Å². The number of hydrogen-bond acceptors (Lipinski definition) is 1. The minimum Gasteiger partial charge on any atom is -0.303 e. The summed E-state index contributed by atoms with van der Waals surface area (Å²) >= 11 is 0. The first-order chi connectivity index (χ1) is 13.3. The van der Waals surface area contributed by atoms with Crippen LogP contribution in [0.1, 0.15) is 48.3 Å². The molecule has 4 aliphatic rings. The molecule has 27 heavy (non-hydrogen) atoms. The van der Waals surface area contributed by atoms with Crippen LogP contribution in [0.2, 0.25) is 0 Å². The van der Waals surface area contributed by atoms with E-state index < -0.39 is 0 Å². The quantitative estimate of drug-likeness (QED) is 0.637. The SMILES string of the molecule is C=C(CC1CN2CCC1CC2)C1CCc2ccccc2[C@@H]1c1ccccc1. The van der Waals surface area contributed by atoms with Crippen molar-refractivity contribution in [3.63, 3.8) is 0 Å². The molecule has 0 aromatic heterocycles. The first-order valence-corrected chi connectivity index (χ1v) is 10.8. The van der Waals surface area contributed by atoms with Crippen LogP contribution in [0.5, 0.6) is 0 Å². The number of allylic oxidation sites excluding steroid dienone is 1. The zero-order valence-corrected chi connectivity index (χ0v) is 16.3. The Morgan fingerprint density at radius 1 is 0.926 bits per heavy atom. The molecule has 2 unspecified atom stereocenters. The maximum absolute atomic E-state index is 4.69. The molecule has 2 aromatic rings. The Morgan fingerprint density at radius 2 is 1.67 bits per heavy atom. The fraction of sp³-hybridized carbons (Fsp3) is 0.462. The summed E-state index contributed by atoms with van der Waals surface area (Å²) in [7, 11) is 0. The molecule has 0 spiro atoms. The molecule has 1 heteroatoms. The zero-order chi connectivity index (χ0) is 18.2. The normalized spacial score (nSPS) is 32.1. The van der Waals surface area contributed by atoms with Gasteiger partial charge in [-0.3, -0.25) is 0 Å². The number of benzene rings is 2. The van der Waals surface area contributed by atoms with E-state index in [9.17, 15) is 0 Å². The third-order valence-electron chi connectivity index (χ3n) is 7.52. The summed E-state index contributed by atoms with van der Waals surface area (Å²) in [5.41, 5.74) is 6.05. The molecule has 140 valence electrons. The van der Waals surface area contributed by atoms with Crippen LogP contribution >= 0.6 is 0 Å². The molecule has 0 N–H and O–H groups in total. The van der Waals surface area contributed by atoms with E-state index in [2.05, 4.69) is 66.1 Å². The molecular weight excluding hydrogens is 326 g/mol. The first-order valence-electron chi connectivity index (χ1n) is 10.8. The lowest BCUT2D eigenvalue weighted by Gasteiger charge is -2.46. The molecule has 0 saturated carbocycles. The van der Waals surface area contributed by atoms with Crippen molar-refractivity contribution in [1.82, 2.24) is 4.90 Å². The predicted molar refractivity (Wildman–Crippen MR) is 113 cm³/mol. The number of fused-ring (bicyclic) bond motifs is 4. The lowest BCUT2D eigenvalue weighted by Crippen LogP contribution is -2.47. The molecule has 3 heterocycles. The van der Waals surface area contributed by atoms with Crippen molar-refractivity contribution in [2.45, 2.75) is 38.0 Å². The third kappa shape index (κ3) is 3.27. The largest absolute Gasteiger partial charge is 0.303 e. The molecule has 3 saturated heterocycles. The molecule has 2 aromatic carbocycles. The average molecular weight is 358 g/mol. The standard InChI is InChI=1S/C26H31N/c1-19(17-23-18-27-15-13-20(23)14-16-27)24-12-11-21-7-5-6-10-25(21)26(24)22-8-3-2-4-9-22/h2-10,20,23-24,26H,1,11-18H2/t23?,24?,26-/m1/s1. The van der Waals surface area contributed by atoms with Crippen molar-refractivity contribution in [1.29, 1.82) is 0 Å². The highest BCUT2D eigenvalue weighted by molar-refractivity contribution is 5.43. The van der Waals surface area contributed by atoms with E-state index >= 15 is 0 Å². The smallest absolute Gasteiger partial charge is 0.0157 e. The van der Waals surface area contributed by atoms with Gasteiger partial charge in [-0.25, -0.2) is 0 Å². The van der Waals surface area contributed by atoms with Crippen LogP contribution in [-0.2, 0) is 6.42 Å². The van der Waals surface area contributed by atoms with Crippen molar-refractivity contribution in [3.8, 4) is 0 Å². The summed E-state index contributed by atoms with van der Waals surface area (Å²) in [5.74, 6) is 2.84. The Hall–Kier alpha value is -1.86. The van der Waals surface area contributed by atoms with Crippen LogP contribution in [0.4, 0.5) is 0 Å². The molecule has 3 atom stereocenters. The van der Waals surface area contributed by atoms with Crippen LogP contribution in [0.3, 0.4) is 0 Å². The molecule has 2 bridgehead atoms. The second-order valence-electron chi connectivity index (χ2n) is 8.99. The second kappa shape index (κ2) is 7.28. The Labute approximate surface area is 164 Å². The van der Waals surface area contributed by atoms with Gasteiger partial charge in [0.25, 0.3) is 0 Å². The monoisotopic (exact) mass is 357 g/mol. The van der Waals surface area contributed by atoms with Gasteiger partial charge in [-0.05, 0) is 79.6 Å². The lowest BCUT2D eigenvalue weighted by atomic mass is 9.66. The number of nitrogens with zero attached hydrogens (tertiary/aromatic N) is 1. The van der Waals surface area contributed by atoms with Crippen molar-refractivity contribution >= 4 is 0 Å². The van der Waals surface area contributed by atoms with Gasteiger partial charge in [-0.2, -0.15) is 0 Å². The van der Waals surface area contributed by atoms with Gasteiger partial charge < -0.3 is 4.90 Å². The van der Waals surface area contributed by atoms with Gasteiger partial charge in [0.2, 0.25) is 0 Å². The van der Waals surface area contributed by atoms with Gasteiger partial charge in [-0.1, -0.05) is 66.7 Å². The maximum atomic E-state index is 4.69. The van der Waals surface area contributed by atoms with Crippen molar-refractivity contribution in [2.24, 2.45) is 17.8 Å². The van der Waals surface area contributed by atoms with Gasteiger partial charge >= 0.3 is 0 Å². The minimum atomic E-state index is 0.477. The number of rotatable bonds is 4. The van der Waals surface area contributed by atoms with Crippen molar-refractivity contribution in [2.75, 3.05) is 19.6 Å². The Balaban J connectivity index is 1.43. The van der Waals surface area contributed by atoms with E-state index in [1.165, 1.54) is 68.4 Å². The molecule has 0 radical (unpaired) electrons. The molecule has 1 aliphatic carbocycles. The van der Waals surface area contributed by atoms with Gasteiger partial charge in [0.05, 0.1) is 0 Å². The molecule has 3 aliphatic heterocycles. The second-order valence-corrected chi connectivity index (χ2v) is 8.99. The summed E-state index contributed by atoms with van der Waals surface area (Å²) in [6.07, 6.45) is 6.50. The highest BCUT2D eigenvalue weighted by Gasteiger charge is 2.37. The number of hydrogen-bond donors (Lipinski definition) is 0. The fourth-order valence-corrected chi connectivity index (χ4v) is 6.08. The molecular formula is C26H31N. The minimum absolute atomic E-state index is 0.477. The van der Waals surface area contributed by atoms with Crippen LogP contribution in [0, 0.1) is 17.8 Å². The molecule has 3 fully saturated rings. The van der Waals surface area contributed by atoms with E-state index in [4.69, 9.17) is 0 Å². The maximum Gasteiger partial charge on any atom is 0.0157 e. The number of piperidine rings is 3. The average Bonchev–Trinajstić information content (AvgIpc) is 2.74. The van der Waals surface area contributed by atoms with Gasteiger partial charge in [-0.15, -0.1) is 0 Å². The number of aryl methyl sites for hydroxylation is 1. The fourth-order valence-electron chi connectivity index (χ4n) is 6.08. The van der Waals surface area contributed by atoms with Gasteiger partial charge in [0.1, 0.15) is 0 Å². The zero-order valence-electron chi connectivity index (χ0n) is 16.3. The molecule has 6 rings (SSSR count). The molecule has 0 amide bonds. The summed E-state index contributed by atoms with van der Waals surface area (Å²) in [4.78, 5) is 2.68. The third-order valence-corrected chi connectivity index (χ3v) is 7.52. The van der Waals surface area contributed by atoms with Gasteiger partial charge in [0, 0.05) is 12.5 Å². The van der Waals surface area contributed by atoms with Crippen LogP contribution in [-0.4, -0.2) is 24.5 Å². The highest BCUT2D eigenvalue weighted by Crippen LogP contribution is 2.46. The summed E-state index contributed by atoms with van der Waals surface area (Å²) in [5, 5.41) is 0. The summed E-state index contributed by atoms with van der Waals surface area (Å²) in [6, 6.07) is 20.3. The Morgan fingerprint density at radius 3 is 2.41 bits per heavy atom. The molecule has 1 nitrogen and oxygen atoms in total. The Kier molecular flexibility index (Phi) is 4.65. The van der Waals surface area contributed by atoms with E-state index in [-0.39, 0.29) is 0 Å².